The van der Waals surface area contributed by atoms with E-state index in [1.165, 1.54) is 6.07 Å². The van der Waals surface area contributed by atoms with Gasteiger partial charge in [0.1, 0.15) is 11.5 Å². The molecule has 0 saturated heterocycles. The maximum absolute atomic E-state index is 13.1. The van der Waals surface area contributed by atoms with Crippen molar-refractivity contribution >= 4 is 22.9 Å². The van der Waals surface area contributed by atoms with Crippen LogP contribution < -0.4 is 5.32 Å². The van der Waals surface area contributed by atoms with Crippen LogP contribution in [0.5, 0.6) is 11.5 Å². The van der Waals surface area contributed by atoms with Gasteiger partial charge in [-0.3, -0.25) is 9.59 Å². The lowest BCUT2D eigenvalue weighted by Crippen LogP contribution is -2.22. The van der Waals surface area contributed by atoms with Crippen molar-refractivity contribution in [3.05, 3.63) is 81.9 Å². The standard InChI is InChI=1S/C22H17NO4/c1-11-9-13(10-12(2)20(11)25)23-16-7-8-17(24)19-18(16)21(26)14-5-3-4-6-15(14)22(19)27/h3-10,23-25H,1-2H3. The summed E-state index contributed by atoms with van der Waals surface area (Å²) in [4.78, 5) is 25.9. The Morgan fingerprint density at radius 1 is 0.778 bits per heavy atom. The summed E-state index contributed by atoms with van der Waals surface area (Å²) in [5, 5.41) is 23.4. The van der Waals surface area contributed by atoms with Crippen LogP contribution in [0.15, 0.2) is 48.5 Å². The summed E-state index contributed by atoms with van der Waals surface area (Å²) in [6, 6.07) is 13.1. The number of hydrogen-bond acceptors (Lipinski definition) is 5. The molecule has 3 aromatic carbocycles. The minimum absolute atomic E-state index is 0.0101. The molecule has 0 radical (unpaired) electrons. The van der Waals surface area contributed by atoms with Gasteiger partial charge in [-0.05, 0) is 49.2 Å². The molecule has 0 saturated carbocycles. The maximum Gasteiger partial charge on any atom is 0.198 e. The van der Waals surface area contributed by atoms with Crippen molar-refractivity contribution in [3.8, 4) is 11.5 Å². The minimum atomic E-state index is -0.376. The number of fused-ring (bicyclic) bond motifs is 2. The minimum Gasteiger partial charge on any atom is -0.507 e. The number of ketones is 2. The van der Waals surface area contributed by atoms with E-state index in [4.69, 9.17) is 0 Å². The molecule has 0 heterocycles. The van der Waals surface area contributed by atoms with E-state index in [-0.39, 0.29) is 34.2 Å². The molecule has 1 aliphatic rings. The molecule has 0 aliphatic heterocycles. The number of carbonyl (C=O) groups is 2. The van der Waals surface area contributed by atoms with Crippen molar-refractivity contribution in [1.29, 1.82) is 0 Å². The van der Waals surface area contributed by atoms with Gasteiger partial charge in [-0.2, -0.15) is 0 Å². The third-order valence-corrected chi connectivity index (χ3v) is 4.82. The lowest BCUT2D eigenvalue weighted by atomic mass is 9.82. The first kappa shape index (κ1) is 16.8. The van der Waals surface area contributed by atoms with E-state index in [2.05, 4.69) is 5.32 Å². The topological polar surface area (TPSA) is 86.6 Å². The van der Waals surface area contributed by atoms with E-state index in [9.17, 15) is 19.8 Å². The number of phenols is 2. The van der Waals surface area contributed by atoms with Gasteiger partial charge in [0.2, 0.25) is 0 Å². The monoisotopic (exact) mass is 359 g/mol. The normalized spacial score (nSPS) is 12.5. The molecule has 0 unspecified atom stereocenters. The molecule has 0 amide bonds. The molecule has 0 spiro atoms. The van der Waals surface area contributed by atoms with Crippen LogP contribution >= 0.6 is 0 Å². The second-order valence-electron chi connectivity index (χ2n) is 6.67. The largest absolute Gasteiger partial charge is 0.507 e. The highest BCUT2D eigenvalue weighted by Crippen LogP contribution is 2.38. The predicted molar refractivity (Wildman–Crippen MR) is 102 cm³/mol. The molecule has 3 N–H and O–H groups in total. The predicted octanol–water partition coefficient (Wildman–Crippen LogP) is 4.23. The highest BCUT2D eigenvalue weighted by atomic mass is 16.3. The van der Waals surface area contributed by atoms with Gasteiger partial charge in [0.05, 0.1) is 16.8 Å². The zero-order valence-electron chi connectivity index (χ0n) is 14.8. The Hall–Kier alpha value is -3.60. The van der Waals surface area contributed by atoms with Gasteiger partial charge >= 0.3 is 0 Å². The van der Waals surface area contributed by atoms with E-state index in [0.717, 1.165) is 0 Å². The fourth-order valence-electron chi connectivity index (χ4n) is 3.49. The van der Waals surface area contributed by atoms with Crippen molar-refractivity contribution in [3.63, 3.8) is 0 Å². The number of nitrogens with one attached hydrogen (secondary N) is 1. The molecular weight excluding hydrogens is 342 g/mol. The summed E-state index contributed by atoms with van der Waals surface area (Å²) in [5.41, 5.74) is 3.27. The molecule has 27 heavy (non-hydrogen) atoms. The number of anilines is 2. The summed E-state index contributed by atoms with van der Waals surface area (Å²) in [7, 11) is 0. The van der Waals surface area contributed by atoms with E-state index in [1.54, 1.807) is 56.3 Å². The Morgan fingerprint density at radius 3 is 1.93 bits per heavy atom. The molecule has 0 atom stereocenters. The summed E-state index contributed by atoms with van der Waals surface area (Å²) >= 11 is 0. The summed E-state index contributed by atoms with van der Waals surface area (Å²) in [6.45, 7) is 3.56. The molecule has 5 heteroatoms. The van der Waals surface area contributed by atoms with Crippen LogP contribution in [0.25, 0.3) is 0 Å². The molecule has 0 fully saturated rings. The number of phenolic OH excluding ortho intramolecular Hbond substituents is 2. The lowest BCUT2D eigenvalue weighted by molar-refractivity contribution is 0.0977. The van der Waals surface area contributed by atoms with Gasteiger partial charge in [0, 0.05) is 16.8 Å². The van der Waals surface area contributed by atoms with Crippen LogP contribution in [-0.4, -0.2) is 21.8 Å². The van der Waals surface area contributed by atoms with Gasteiger partial charge in [-0.15, -0.1) is 0 Å². The van der Waals surface area contributed by atoms with Crippen LogP contribution in [0.1, 0.15) is 43.0 Å². The number of aryl methyl sites for hydroxylation is 2. The summed E-state index contributed by atoms with van der Waals surface area (Å²) in [6.07, 6.45) is 0. The Labute approximate surface area is 155 Å². The molecule has 4 rings (SSSR count). The van der Waals surface area contributed by atoms with Gasteiger partial charge in [0.25, 0.3) is 0 Å². The Morgan fingerprint density at radius 2 is 1.33 bits per heavy atom. The van der Waals surface area contributed by atoms with Gasteiger partial charge in [0.15, 0.2) is 11.6 Å². The number of benzene rings is 3. The van der Waals surface area contributed by atoms with Gasteiger partial charge in [-0.1, -0.05) is 24.3 Å². The Kier molecular flexibility index (Phi) is 3.73. The van der Waals surface area contributed by atoms with Crippen molar-refractivity contribution in [2.75, 3.05) is 5.32 Å². The highest BCUT2D eigenvalue weighted by molar-refractivity contribution is 6.31. The number of aromatic hydroxyl groups is 2. The average Bonchev–Trinajstić information content (AvgIpc) is 2.65. The zero-order valence-corrected chi connectivity index (χ0v) is 14.8. The first-order valence-electron chi connectivity index (χ1n) is 8.50. The quantitative estimate of drug-likeness (QED) is 0.466. The first-order chi connectivity index (χ1) is 12.9. The molecule has 0 bridgehead atoms. The van der Waals surface area contributed by atoms with Crippen LogP contribution in [-0.2, 0) is 0 Å². The summed E-state index contributed by atoms with van der Waals surface area (Å²) < 4.78 is 0. The van der Waals surface area contributed by atoms with Crippen LogP contribution in [0.2, 0.25) is 0 Å². The number of rotatable bonds is 2. The highest BCUT2D eigenvalue weighted by Gasteiger charge is 2.33. The summed E-state index contributed by atoms with van der Waals surface area (Å²) in [5.74, 6) is -0.694. The van der Waals surface area contributed by atoms with E-state index in [1.807, 2.05) is 0 Å². The Balaban J connectivity index is 1.88. The first-order valence-corrected chi connectivity index (χ1v) is 8.50. The van der Waals surface area contributed by atoms with E-state index < -0.39 is 0 Å². The third-order valence-electron chi connectivity index (χ3n) is 4.82. The van der Waals surface area contributed by atoms with Crippen molar-refractivity contribution < 1.29 is 19.8 Å². The van der Waals surface area contributed by atoms with Gasteiger partial charge < -0.3 is 15.5 Å². The van der Waals surface area contributed by atoms with Crippen molar-refractivity contribution in [2.45, 2.75) is 13.8 Å². The maximum atomic E-state index is 13.1. The second-order valence-corrected chi connectivity index (χ2v) is 6.67. The van der Waals surface area contributed by atoms with E-state index in [0.29, 0.717) is 33.6 Å². The van der Waals surface area contributed by atoms with Crippen molar-refractivity contribution in [2.24, 2.45) is 0 Å². The average molecular weight is 359 g/mol. The van der Waals surface area contributed by atoms with Crippen LogP contribution in [0.4, 0.5) is 11.4 Å². The molecule has 1 aliphatic carbocycles. The Bertz CT molecular complexity index is 1110. The van der Waals surface area contributed by atoms with Gasteiger partial charge in [-0.25, -0.2) is 0 Å². The molecule has 134 valence electrons. The lowest BCUT2D eigenvalue weighted by Gasteiger charge is -2.22. The smallest absolute Gasteiger partial charge is 0.198 e. The van der Waals surface area contributed by atoms with E-state index >= 15 is 0 Å². The number of carbonyl (C=O) groups excluding carboxylic acids is 2. The molecule has 0 aromatic heterocycles. The number of hydrogen-bond donors (Lipinski definition) is 3. The molecule has 3 aromatic rings. The second kappa shape index (κ2) is 5.99. The zero-order chi connectivity index (χ0) is 19.3. The fourth-order valence-corrected chi connectivity index (χ4v) is 3.49. The van der Waals surface area contributed by atoms with Crippen LogP contribution in [0.3, 0.4) is 0 Å². The molecular formula is C22H17NO4. The SMILES string of the molecule is Cc1cc(Nc2ccc(O)c3c2C(=O)c2ccccc2C3=O)cc(C)c1O. The third kappa shape index (κ3) is 2.56. The molecule has 5 nitrogen and oxygen atoms in total. The van der Waals surface area contributed by atoms with Crippen LogP contribution in [0, 0.1) is 13.8 Å². The van der Waals surface area contributed by atoms with Crippen molar-refractivity contribution in [1.82, 2.24) is 0 Å². The fraction of sp³-hybridized carbons (Fsp3) is 0.0909.